The van der Waals surface area contributed by atoms with Crippen molar-refractivity contribution >= 4 is 21.6 Å². The van der Waals surface area contributed by atoms with Crippen molar-refractivity contribution in [2.75, 3.05) is 5.32 Å². The molecule has 1 heterocycles. The molecule has 0 spiro atoms. The van der Waals surface area contributed by atoms with Gasteiger partial charge >= 0.3 is 0 Å². The lowest BCUT2D eigenvalue weighted by molar-refractivity contribution is 0.101. The van der Waals surface area contributed by atoms with Crippen LogP contribution in [-0.4, -0.2) is 24.9 Å². The van der Waals surface area contributed by atoms with Crippen LogP contribution in [0.5, 0.6) is 0 Å². The van der Waals surface area contributed by atoms with Crippen LogP contribution in [0, 0.1) is 11.3 Å². The van der Waals surface area contributed by atoms with E-state index in [4.69, 9.17) is 5.26 Å². The van der Waals surface area contributed by atoms with E-state index >= 15 is 0 Å². The van der Waals surface area contributed by atoms with Crippen LogP contribution in [-0.2, 0) is 17.1 Å². The minimum absolute atomic E-state index is 0.0228. The summed E-state index contributed by atoms with van der Waals surface area (Å²) in [5.74, 6) is -0.460. The van der Waals surface area contributed by atoms with Gasteiger partial charge in [0.1, 0.15) is 10.6 Å². The Morgan fingerprint density at radius 2 is 2.00 bits per heavy atom. The fourth-order valence-corrected chi connectivity index (χ4v) is 3.47. The molecule has 0 aliphatic carbocycles. The molecule has 8 heteroatoms. The van der Waals surface area contributed by atoms with Crippen LogP contribution in [0.1, 0.15) is 29.9 Å². The molecule has 0 saturated carbocycles. The Bertz CT molecular complexity index is 908. The summed E-state index contributed by atoms with van der Waals surface area (Å²) < 4.78 is 28.3. The Hall–Kier alpha value is -2.63. The number of nitriles is 1. The highest BCUT2D eigenvalue weighted by molar-refractivity contribution is 7.89. The number of amides is 1. The molecule has 7 nitrogen and oxygen atoms in total. The summed E-state index contributed by atoms with van der Waals surface area (Å²) in [7, 11) is -2.08. The van der Waals surface area contributed by atoms with Crippen LogP contribution in [0.25, 0.3) is 0 Å². The van der Waals surface area contributed by atoms with Crippen molar-refractivity contribution in [3.05, 3.63) is 47.8 Å². The molecule has 1 aromatic carbocycles. The van der Waals surface area contributed by atoms with Crippen LogP contribution in [0.15, 0.2) is 41.4 Å². The Kier molecular flexibility index (Phi) is 5.07. The van der Waals surface area contributed by atoms with Gasteiger partial charge in [0.05, 0.1) is 11.6 Å². The van der Waals surface area contributed by atoms with Crippen LogP contribution >= 0.6 is 0 Å². The van der Waals surface area contributed by atoms with Crippen LogP contribution in [0.4, 0.5) is 5.69 Å². The number of anilines is 1. The third-order valence-corrected chi connectivity index (χ3v) is 4.79. The second-order valence-electron chi connectivity index (χ2n) is 5.59. The molecule has 24 heavy (non-hydrogen) atoms. The van der Waals surface area contributed by atoms with Gasteiger partial charge in [0.15, 0.2) is 0 Å². The first-order valence-electron chi connectivity index (χ1n) is 7.23. The van der Waals surface area contributed by atoms with Gasteiger partial charge in [-0.15, -0.1) is 0 Å². The molecule has 2 N–H and O–H groups in total. The molecule has 0 unspecified atom stereocenters. The lowest BCUT2D eigenvalue weighted by Gasteiger charge is -2.07. The smallest absolute Gasteiger partial charge is 0.272 e. The zero-order valence-electron chi connectivity index (χ0n) is 13.6. The predicted molar refractivity (Wildman–Crippen MR) is 90.0 cm³/mol. The maximum absolute atomic E-state index is 12.4. The number of sulfonamides is 1. The number of benzene rings is 1. The Balaban J connectivity index is 2.26. The number of aromatic nitrogens is 1. The monoisotopic (exact) mass is 346 g/mol. The molecule has 2 aromatic rings. The maximum atomic E-state index is 12.4. The van der Waals surface area contributed by atoms with Crippen molar-refractivity contribution in [3.8, 4) is 6.07 Å². The molecule has 0 bridgehead atoms. The van der Waals surface area contributed by atoms with Gasteiger partial charge in [-0.25, -0.2) is 13.1 Å². The van der Waals surface area contributed by atoms with Crippen molar-refractivity contribution in [3.63, 3.8) is 0 Å². The van der Waals surface area contributed by atoms with Crippen molar-refractivity contribution in [1.29, 1.82) is 5.26 Å². The second kappa shape index (κ2) is 6.86. The van der Waals surface area contributed by atoms with E-state index in [1.165, 1.54) is 16.8 Å². The van der Waals surface area contributed by atoms with Gasteiger partial charge in [-0.05, 0) is 38.1 Å². The summed E-state index contributed by atoms with van der Waals surface area (Å²) in [6, 6.07) is 9.53. The minimum Gasteiger partial charge on any atom is -0.345 e. The fourth-order valence-electron chi connectivity index (χ4n) is 2.15. The summed E-state index contributed by atoms with van der Waals surface area (Å²) in [4.78, 5) is 12.4. The summed E-state index contributed by atoms with van der Waals surface area (Å²) in [5, 5.41) is 11.5. The SMILES string of the molecule is CC(C)NS(=O)(=O)c1cc(C(=O)Nc2cccc(C#N)c2)n(C)c1. The zero-order valence-corrected chi connectivity index (χ0v) is 14.4. The Morgan fingerprint density at radius 3 is 2.62 bits per heavy atom. The predicted octanol–water partition coefficient (Wildman–Crippen LogP) is 1.84. The summed E-state index contributed by atoms with van der Waals surface area (Å²) in [6.45, 7) is 3.44. The van der Waals surface area contributed by atoms with Crippen molar-refractivity contribution in [1.82, 2.24) is 9.29 Å². The van der Waals surface area contributed by atoms with Crippen molar-refractivity contribution < 1.29 is 13.2 Å². The van der Waals surface area contributed by atoms with E-state index < -0.39 is 15.9 Å². The highest BCUT2D eigenvalue weighted by Gasteiger charge is 2.21. The zero-order chi connectivity index (χ0) is 17.9. The van der Waals surface area contributed by atoms with E-state index in [2.05, 4.69) is 10.0 Å². The van der Waals surface area contributed by atoms with E-state index in [9.17, 15) is 13.2 Å². The fraction of sp³-hybridized carbons (Fsp3) is 0.250. The molecule has 1 aromatic heterocycles. The lowest BCUT2D eigenvalue weighted by atomic mass is 10.2. The number of aryl methyl sites for hydroxylation is 1. The van der Waals surface area contributed by atoms with Gasteiger partial charge in [0.25, 0.3) is 5.91 Å². The van der Waals surface area contributed by atoms with E-state index in [0.29, 0.717) is 11.3 Å². The van der Waals surface area contributed by atoms with Gasteiger partial charge in [-0.2, -0.15) is 5.26 Å². The number of hydrogen-bond donors (Lipinski definition) is 2. The summed E-state index contributed by atoms with van der Waals surface area (Å²) in [5.41, 5.74) is 1.08. The molecule has 0 radical (unpaired) electrons. The molecule has 126 valence electrons. The largest absolute Gasteiger partial charge is 0.345 e. The van der Waals surface area contributed by atoms with Crippen molar-refractivity contribution in [2.24, 2.45) is 7.05 Å². The normalized spacial score (nSPS) is 11.3. The average molecular weight is 346 g/mol. The van der Waals surface area contributed by atoms with Gasteiger partial charge in [0.2, 0.25) is 10.0 Å². The number of hydrogen-bond acceptors (Lipinski definition) is 4. The quantitative estimate of drug-likeness (QED) is 0.862. The topological polar surface area (TPSA) is 104 Å². The summed E-state index contributed by atoms with van der Waals surface area (Å²) >= 11 is 0. The van der Waals surface area contributed by atoms with Gasteiger partial charge in [-0.1, -0.05) is 6.07 Å². The Morgan fingerprint density at radius 1 is 1.29 bits per heavy atom. The lowest BCUT2D eigenvalue weighted by Crippen LogP contribution is -2.29. The van der Waals surface area contributed by atoms with E-state index in [-0.39, 0.29) is 16.6 Å². The molecule has 0 aliphatic rings. The standard InChI is InChI=1S/C16H18N4O3S/c1-11(2)19-24(22,23)14-8-15(20(3)10-14)16(21)18-13-6-4-5-12(7-13)9-17/h4-8,10-11,19H,1-3H3,(H,18,21). The maximum Gasteiger partial charge on any atom is 0.272 e. The van der Waals surface area contributed by atoms with E-state index in [1.807, 2.05) is 6.07 Å². The number of carbonyl (C=O) groups excluding carboxylic acids is 1. The molecule has 0 atom stereocenters. The molecule has 2 rings (SSSR count). The highest BCUT2D eigenvalue weighted by Crippen LogP contribution is 2.16. The summed E-state index contributed by atoms with van der Waals surface area (Å²) in [6.07, 6.45) is 1.38. The Labute approximate surface area is 141 Å². The first-order valence-corrected chi connectivity index (χ1v) is 8.71. The van der Waals surface area contributed by atoms with Gasteiger partial charge in [0, 0.05) is 25.0 Å². The molecule has 0 fully saturated rings. The first-order chi connectivity index (χ1) is 11.2. The van der Waals surface area contributed by atoms with E-state index in [0.717, 1.165) is 0 Å². The van der Waals surface area contributed by atoms with Crippen LogP contribution < -0.4 is 10.0 Å². The second-order valence-corrected chi connectivity index (χ2v) is 7.31. The molecular formula is C16H18N4O3S. The third-order valence-electron chi connectivity index (χ3n) is 3.16. The molecular weight excluding hydrogens is 328 g/mol. The van der Waals surface area contributed by atoms with Crippen LogP contribution in [0.3, 0.4) is 0 Å². The van der Waals surface area contributed by atoms with E-state index in [1.54, 1.807) is 45.2 Å². The van der Waals surface area contributed by atoms with Gasteiger partial charge < -0.3 is 9.88 Å². The van der Waals surface area contributed by atoms with Crippen LogP contribution in [0.2, 0.25) is 0 Å². The third kappa shape index (κ3) is 4.01. The highest BCUT2D eigenvalue weighted by atomic mass is 32.2. The molecule has 0 aliphatic heterocycles. The number of carbonyl (C=O) groups is 1. The first kappa shape index (κ1) is 17.7. The minimum atomic E-state index is -3.67. The number of rotatable bonds is 5. The molecule has 1 amide bonds. The number of nitrogens with one attached hydrogen (secondary N) is 2. The molecule has 0 saturated heterocycles. The van der Waals surface area contributed by atoms with Gasteiger partial charge in [-0.3, -0.25) is 4.79 Å². The number of nitrogens with zero attached hydrogens (tertiary/aromatic N) is 2. The van der Waals surface area contributed by atoms with Crippen molar-refractivity contribution in [2.45, 2.75) is 24.8 Å². The average Bonchev–Trinajstić information content (AvgIpc) is 2.89.